The number of hydrogen-bond acceptors (Lipinski definition) is 5. The molecule has 0 aliphatic rings. The van der Waals surface area contributed by atoms with Gasteiger partial charge in [-0.15, -0.1) is 0 Å². The van der Waals surface area contributed by atoms with Gasteiger partial charge in [-0.2, -0.15) is 0 Å². The zero-order chi connectivity index (χ0) is 28.3. The number of benzene rings is 3. The van der Waals surface area contributed by atoms with Crippen LogP contribution in [0.5, 0.6) is 5.75 Å². The van der Waals surface area contributed by atoms with Gasteiger partial charge in [-0.05, 0) is 62.2 Å². The Hall–Kier alpha value is -3.85. The van der Waals surface area contributed by atoms with E-state index in [-0.39, 0.29) is 17.3 Å². The van der Waals surface area contributed by atoms with Crippen molar-refractivity contribution in [3.05, 3.63) is 90.5 Å². The summed E-state index contributed by atoms with van der Waals surface area (Å²) < 4.78 is 34.2. The van der Waals surface area contributed by atoms with Crippen LogP contribution in [0.2, 0.25) is 0 Å². The number of rotatable bonds is 14. The first kappa shape index (κ1) is 29.7. The average molecular weight is 552 g/mol. The summed E-state index contributed by atoms with van der Waals surface area (Å²) in [6.07, 6.45) is 1.75. The second kappa shape index (κ2) is 14.3. The highest BCUT2D eigenvalue weighted by Gasteiger charge is 2.32. The van der Waals surface area contributed by atoms with Gasteiger partial charge in [0.15, 0.2) is 0 Å². The van der Waals surface area contributed by atoms with Crippen LogP contribution in [0, 0.1) is 0 Å². The maximum Gasteiger partial charge on any atom is 0.264 e. The molecule has 0 saturated heterocycles. The summed E-state index contributed by atoms with van der Waals surface area (Å²) in [5.74, 6) is -0.223. The Kier molecular flexibility index (Phi) is 10.9. The predicted molar refractivity (Wildman–Crippen MR) is 153 cm³/mol. The summed E-state index contributed by atoms with van der Waals surface area (Å²) in [7, 11) is -4.12. The van der Waals surface area contributed by atoms with Crippen molar-refractivity contribution < 1.29 is 22.7 Å². The van der Waals surface area contributed by atoms with E-state index in [1.165, 1.54) is 17.0 Å². The third-order valence-corrected chi connectivity index (χ3v) is 8.03. The molecule has 0 saturated carbocycles. The number of hydrogen-bond donors (Lipinski definition) is 1. The standard InChI is InChI=1S/C30H37N3O5S/c1-4-6-21-31-30(35)24(3)32(22-25-13-9-7-10-14-25)29(34)23-33(26-15-11-8-12-16-26)39(36,37)28-19-17-27(18-20-28)38-5-2/h7-20,24H,4-6,21-23H2,1-3H3,(H,31,35). The fourth-order valence-electron chi connectivity index (χ4n) is 4.02. The van der Waals surface area contributed by atoms with Crippen molar-refractivity contribution in [2.45, 2.75) is 51.1 Å². The summed E-state index contributed by atoms with van der Waals surface area (Å²) in [4.78, 5) is 28.3. The van der Waals surface area contributed by atoms with Gasteiger partial charge in [-0.25, -0.2) is 8.42 Å². The largest absolute Gasteiger partial charge is 0.494 e. The minimum atomic E-state index is -4.12. The molecule has 3 rings (SSSR count). The summed E-state index contributed by atoms with van der Waals surface area (Å²) in [6.45, 7) is 6.19. The molecule has 0 bridgehead atoms. The lowest BCUT2D eigenvalue weighted by molar-refractivity contribution is -0.139. The molecule has 0 heterocycles. The van der Waals surface area contributed by atoms with Crippen LogP contribution in [0.15, 0.2) is 89.8 Å². The average Bonchev–Trinajstić information content (AvgIpc) is 2.95. The lowest BCUT2D eigenvalue weighted by atomic mass is 10.1. The molecular weight excluding hydrogens is 514 g/mol. The van der Waals surface area contributed by atoms with E-state index in [1.807, 2.05) is 44.2 Å². The Morgan fingerprint density at radius 3 is 2.10 bits per heavy atom. The van der Waals surface area contributed by atoms with Crippen molar-refractivity contribution in [3.8, 4) is 5.75 Å². The van der Waals surface area contributed by atoms with Crippen LogP contribution in [-0.2, 0) is 26.2 Å². The van der Waals surface area contributed by atoms with E-state index in [9.17, 15) is 18.0 Å². The van der Waals surface area contributed by atoms with E-state index in [1.54, 1.807) is 49.4 Å². The van der Waals surface area contributed by atoms with Gasteiger partial charge in [0.25, 0.3) is 10.0 Å². The van der Waals surface area contributed by atoms with Gasteiger partial charge in [0.05, 0.1) is 17.2 Å². The zero-order valence-corrected chi connectivity index (χ0v) is 23.6. The number of ether oxygens (including phenoxy) is 1. The molecule has 0 aliphatic heterocycles. The first-order valence-corrected chi connectivity index (χ1v) is 14.6. The monoisotopic (exact) mass is 551 g/mol. The van der Waals surface area contributed by atoms with E-state index in [0.29, 0.717) is 24.6 Å². The highest BCUT2D eigenvalue weighted by atomic mass is 32.2. The Balaban J connectivity index is 1.95. The highest BCUT2D eigenvalue weighted by molar-refractivity contribution is 7.92. The van der Waals surface area contributed by atoms with Crippen LogP contribution < -0.4 is 14.4 Å². The van der Waals surface area contributed by atoms with Crippen molar-refractivity contribution >= 4 is 27.5 Å². The number of amides is 2. The second-order valence-corrected chi connectivity index (χ2v) is 10.9. The van der Waals surface area contributed by atoms with Crippen molar-refractivity contribution in [1.29, 1.82) is 0 Å². The molecule has 3 aromatic rings. The normalized spacial score (nSPS) is 11.9. The molecule has 8 nitrogen and oxygen atoms in total. The Bertz CT molecular complexity index is 1300. The molecular formula is C30H37N3O5S. The third kappa shape index (κ3) is 8.07. The van der Waals surface area contributed by atoms with Crippen LogP contribution in [-0.4, -0.2) is 50.9 Å². The molecule has 1 N–H and O–H groups in total. The molecule has 0 aliphatic carbocycles. The van der Waals surface area contributed by atoms with Crippen molar-refractivity contribution in [3.63, 3.8) is 0 Å². The van der Waals surface area contributed by atoms with Crippen molar-refractivity contribution in [1.82, 2.24) is 10.2 Å². The second-order valence-electron chi connectivity index (χ2n) is 9.08. The number of anilines is 1. The molecule has 1 atom stereocenters. The molecule has 0 aromatic heterocycles. The molecule has 208 valence electrons. The SMILES string of the molecule is CCCCNC(=O)C(C)N(Cc1ccccc1)C(=O)CN(c1ccccc1)S(=O)(=O)c1ccc(OCC)cc1. The first-order valence-electron chi connectivity index (χ1n) is 13.2. The van der Waals surface area contributed by atoms with E-state index in [4.69, 9.17) is 4.74 Å². The molecule has 0 fully saturated rings. The van der Waals surface area contributed by atoms with Crippen molar-refractivity contribution in [2.24, 2.45) is 0 Å². The van der Waals surface area contributed by atoms with Gasteiger partial charge in [0, 0.05) is 13.1 Å². The predicted octanol–water partition coefficient (Wildman–Crippen LogP) is 4.61. The smallest absolute Gasteiger partial charge is 0.264 e. The van der Waals surface area contributed by atoms with Gasteiger partial charge in [0.2, 0.25) is 11.8 Å². The number of sulfonamides is 1. The molecule has 0 spiro atoms. The zero-order valence-electron chi connectivity index (χ0n) is 22.7. The summed E-state index contributed by atoms with van der Waals surface area (Å²) in [5, 5.41) is 2.88. The van der Waals surface area contributed by atoms with Crippen LogP contribution in [0.3, 0.4) is 0 Å². The van der Waals surface area contributed by atoms with Crippen LogP contribution >= 0.6 is 0 Å². The van der Waals surface area contributed by atoms with E-state index < -0.39 is 28.5 Å². The molecule has 3 aromatic carbocycles. The van der Waals surface area contributed by atoms with Gasteiger partial charge in [0.1, 0.15) is 18.3 Å². The molecule has 1 unspecified atom stereocenters. The highest BCUT2D eigenvalue weighted by Crippen LogP contribution is 2.26. The van der Waals surface area contributed by atoms with Gasteiger partial charge < -0.3 is 15.0 Å². The Morgan fingerprint density at radius 1 is 0.897 bits per heavy atom. The molecule has 9 heteroatoms. The lowest BCUT2D eigenvalue weighted by Gasteiger charge is -2.32. The van der Waals surface area contributed by atoms with Crippen LogP contribution in [0.4, 0.5) is 5.69 Å². The van der Waals surface area contributed by atoms with Gasteiger partial charge in [-0.1, -0.05) is 61.9 Å². The summed E-state index contributed by atoms with van der Waals surface area (Å²) in [5.41, 5.74) is 1.18. The van der Waals surface area contributed by atoms with Crippen LogP contribution in [0.25, 0.3) is 0 Å². The summed E-state index contributed by atoms with van der Waals surface area (Å²) in [6, 6.07) is 23.1. The quantitative estimate of drug-likeness (QED) is 0.295. The Morgan fingerprint density at radius 2 is 1.51 bits per heavy atom. The number of para-hydroxylation sites is 1. The van der Waals surface area contributed by atoms with Gasteiger partial charge in [-0.3, -0.25) is 13.9 Å². The van der Waals surface area contributed by atoms with Gasteiger partial charge >= 0.3 is 0 Å². The number of carbonyl (C=O) groups is 2. The van der Waals surface area contributed by atoms with E-state index >= 15 is 0 Å². The fraction of sp³-hybridized carbons (Fsp3) is 0.333. The third-order valence-electron chi connectivity index (χ3n) is 6.24. The number of nitrogens with one attached hydrogen (secondary N) is 1. The fourth-order valence-corrected chi connectivity index (χ4v) is 5.44. The number of nitrogens with zero attached hydrogens (tertiary/aromatic N) is 2. The first-order chi connectivity index (χ1) is 18.8. The minimum Gasteiger partial charge on any atom is -0.494 e. The maximum absolute atomic E-state index is 13.8. The minimum absolute atomic E-state index is 0.0302. The number of carbonyl (C=O) groups excluding carboxylic acids is 2. The topological polar surface area (TPSA) is 96.0 Å². The lowest BCUT2D eigenvalue weighted by Crippen LogP contribution is -2.51. The van der Waals surface area contributed by atoms with Crippen molar-refractivity contribution in [2.75, 3.05) is 24.0 Å². The molecule has 2 amide bonds. The number of unbranched alkanes of at least 4 members (excludes halogenated alkanes) is 1. The molecule has 0 radical (unpaired) electrons. The maximum atomic E-state index is 13.8. The van der Waals surface area contributed by atoms with E-state index in [0.717, 1.165) is 22.7 Å². The summed E-state index contributed by atoms with van der Waals surface area (Å²) >= 11 is 0. The van der Waals surface area contributed by atoms with Crippen LogP contribution in [0.1, 0.15) is 39.2 Å². The molecule has 39 heavy (non-hydrogen) atoms. The Labute approximate surface area is 231 Å². The van der Waals surface area contributed by atoms with E-state index in [2.05, 4.69) is 5.32 Å².